The molecule has 102 valence electrons. The summed E-state index contributed by atoms with van der Waals surface area (Å²) in [5.74, 6) is 1.17. The maximum absolute atomic E-state index is 5.83. The van der Waals surface area contributed by atoms with Gasteiger partial charge < -0.3 is 11.1 Å². The van der Waals surface area contributed by atoms with Gasteiger partial charge in [-0.2, -0.15) is 0 Å². The summed E-state index contributed by atoms with van der Waals surface area (Å²) in [4.78, 5) is 8.49. The number of anilines is 1. The molecule has 1 aliphatic rings. The lowest BCUT2D eigenvalue weighted by Crippen LogP contribution is -2.23. The molecule has 0 amide bonds. The third kappa shape index (κ3) is 5.12. The summed E-state index contributed by atoms with van der Waals surface area (Å²) in [7, 11) is 0. The molecule has 0 saturated carbocycles. The fourth-order valence-corrected chi connectivity index (χ4v) is 2.24. The van der Waals surface area contributed by atoms with Gasteiger partial charge in [-0.1, -0.05) is 24.1 Å². The van der Waals surface area contributed by atoms with Crippen LogP contribution in [0.15, 0.2) is 41.0 Å². The highest BCUT2D eigenvalue weighted by Crippen LogP contribution is 2.19. The lowest BCUT2D eigenvalue weighted by atomic mass is 10.1. The normalized spacial score (nSPS) is 16.6. The number of nitrogens with one attached hydrogen (secondary N) is 1. The zero-order chi connectivity index (χ0) is 13.3. The molecule has 0 atom stereocenters. The van der Waals surface area contributed by atoms with Crippen molar-refractivity contribution in [2.75, 3.05) is 11.9 Å². The summed E-state index contributed by atoms with van der Waals surface area (Å²) >= 11 is 0. The monoisotopic (exact) mass is 258 g/mol. The van der Waals surface area contributed by atoms with Crippen LogP contribution in [0.3, 0.4) is 0 Å². The maximum atomic E-state index is 5.83. The van der Waals surface area contributed by atoms with E-state index in [9.17, 15) is 0 Å². The van der Waals surface area contributed by atoms with E-state index < -0.39 is 0 Å². The number of hydrogen-bond acceptors (Lipinski definition) is 2. The summed E-state index contributed by atoms with van der Waals surface area (Å²) in [6.07, 6.45) is 11.6. The van der Waals surface area contributed by atoms with Crippen molar-refractivity contribution in [3.05, 3.63) is 36.0 Å². The Morgan fingerprint density at radius 1 is 1.32 bits per heavy atom. The molecule has 2 rings (SSSR count). The average Bonchev–Trinajstić information content (AvgIpc) is 2.68. The molecule has 0 radical (unpaired) electrons. The van der Waals surface area contributed by atoms with E-state index in [-0.39, 0.29) is 0 Å². The summed E-state index contributed by atoms with van der Waals surface area (Å²) in [6.45, 7) is 0.748. The summed E-state index contributed by atoms with van der Waals surface area (Å²) in [6, 6.07) is 5.66. The van der Waals surface area contributed by atoms with Gasteiger partial charge in [0.1, 0.15) is 5.82 Å². The highest BCUT2D eigenvalue weighted by molar-refractivity contribution is 5.91. The number of pyridine rings is 1. The van der Waals surface area contributed by atoms with E-state index in [4.69, 9.17) is 5.73 Å². The number of allylic oxidation sites excluding steroid dienone is 1. The first-order valence-electron chi connectivity index (χ1n) is 7.00. The number of aromatic nitrogens is 1. The zero-order valence-electron chi connectivity index (χ0n) is 11.3. The van der Waals surface area contributed by atoms with Crippen LogP contribution in [0.25, 0.3) is 0 Å². The largest absolute Gasteiger partial charge is 0.370 e. The molecule has 0 unspecified atom stereocenters. The Kier molecular flexibility index (Phi) is 5.41. The molecule has 0 spiro atoms. The Morgan fingerprint density at radius 3 is 3.11 bits per heavy atom. The first-order valence-corrected chi connectivity index (χ1v) is 7.00. The molecule has 1 heterocycles. The number of hydrogen-bond donors (Lipinski definition) is 2. The minimum absolute atomic E-state index is 0.438. The van der Waals surface area contributed by atoms with Crippen molar-refractivity contribution in [1.29, 1.82) is 0 Å². The van der Waals surface area contributed by atoms with Crippen molar-refractivity contribution in [1.82, 2.24) is 4.98 Å². The van der Waals surface area contributed by atoms with E-state index in [1.54, 1.807) is 6.20 Å². The van der Waals surface area contributed by atoms with Gasteiger partial charge in [0.2, 0.25) is 0 Å². The molecule has 0 aromatic carbocycles. The van der Waals surface area contributed by atoms with Gasteiger partial charge in [0.05, 0.1) is 0 Å². The number of rotatable bonds is 4. The van der Waals surface area contributed by atoms with Gasteiger partial charge in [-0.05, 0) is 44.2 Å². The predicted octanol–water partition coefficient (Wildman–Crippen LogP) is 3.09. The third-order valence-electron chi connectivity index (χ3n) is 3.27. The predicted molar refractivity (Wildman–Crippen MR) is 80.1 cm³/mol. The quantitative estimate of drug-likeness (QED) is 0.495. The Hall–Kier alpha value is -1.84. The van der Waals surface area contributed by atoms with Gasteiger partial charge in [-0.15, -0.1) is 0 Å². The number of nitrogens with zero attached hydrogens (tertiary/aromatic N) is 2. The second-order valence-corrected chi connectivity index (χ2v) is 4.82. The van der Waals surface area contributed by atoms with Crippen LogP contribution >= 0.6 is 0 Å². The highest BCUT2D eigenvalue weighted by atomic mass is 15.1. The van der Waals surface area contributed by atoms with Crippen molar-refractivity contribution in [3.63, 3.8) is 0 Å². The maximum Gasteiger partial charge on any atom is 0.194 e. The number of nitrogens with two attached hydrogens (primary N) is 1. The second kappa shape index (κ2) is 7.56. The Morgan fingerprint density at radius 2 is 2.26 bits per heavy atom. The van der Waals surface area contributed by atoms with Crippen LogP contribution in [0.4, 0.5) is 5.82 Å². The van der Waals surface area contributed by atoms with E-state index >= 15 is 0 Å². The van der Waals surface area contributed by atoms with Gasteiger partial charge in [-0.3, -0.25) is 4.99 Å². The van der Waals surface area contributed by atoms with Crippen LogP contribution in [-0.2, 0) is 0 Å². The minimum atomic E-state index is 0.438. The molecule has 4 heteroatoms. The average molecular weight is 258 g/mol. The van der Waals surface area contributed by atoms with Crippen LogP contribution in [0, 0.1) is 0 Å². The molecule has 19 heavy (non-hydrogen) atoms. The molecule has 0 bridgehead atoms. The first kappa shape index (κ1) is 13.6. The summed E-state index contributed by atoms with van der Waals surface area (Å²) in [5, 5.41) is 2.99. The second-order valence-electron chi connectivity index (χ2n) is 4.82. The molecule has 4 nitrogen and oxygen atoms in total. The topological polar surface area (TPSA) is 63.3 Å². The van der Waals surface area contributed by atoms with E-state index in [1.807, 2.05) is 18.2 Å². The zero-order valence-corrected chi connectivity index (χ0v) is 11.3. The minimum Gasteiger partial charge on any atom is -0.370 e. The van der Waals surface area contributed by atoms with Crippen LogP contribution in [0.2, 0.25) is 0 Å². The Balaban J connectivity index is 1.77. The standard InChI is InChI=1S/C15H22N4/c16-15(19-14-9-5-6-11-17-14)18-12-10-13-7-3-1-2-4-8-13/h5-7,9,11H,1-4,8,10,12H2,(H3,16,17,18,19). The van der Waals surface area contributed by atoms with Crippen LogP contribution < -0.4 is 11.1 Å². The molecule has 0 saturated heterocycles. The van der Waals surface area contributed by atoms with Crippen molar-refractivity contribution in [2.45, 2.75) is 38.5 Å². The first-order chi connectivity index (χ1) is 9.34. The van der Waals surface area contributed by atoms with E-state index in [0.717, 1.165) is 18.8 Å². The molecule has 3 N–H and O–H groups in total. The van der Waals surface area contributed by atoms with Crippen LogP contribution in [0.1, 0.15) is 38.5 Å². The van der Waals surface area contributed by atoms with Crippen molar-refractivity contribution in [2.24, 2.45) is 10.7 Å². The van der Waals surface area contributed by atoms with Crippen LogP contribution in [-0.4, -0.2) is 17.5 Å². The fourth-order valence-electron chi connectivity index (χ4n) is 2.24. The van der Waals surface area contributed by atoms with Gasteiger partial charge in [0.25, 0.3) is 0 Å². The fraction of sp³-hybridized carbons (Fsp3) is 0.467. The van der Waals surface area contributed by atoms with Crippen LogP contribution in [0.5, 0.6) is 0 Å². The van der Waals surface area contributed by atoms with E-state index in [2.05, 4.69) is 21.4 Å². The smallest absolute Gasteiger partial charge is 0.194 e. The van der Waals surface area contributed by atoms with Gasteiger partial charge in [0.15, 0.2) is 5.96 Å². The van der Waals surface area contributed by atoms with Crippen molar-refractivity contribution >= 4 is 11.8 Å². The van der Waals surface area contributed by atoms with Crippen molar-refractivity contribution < 1.29 is 0 Å². The number of aliphatic imine (C=N–C) groups is 1. The van der Waals surface area contributed by atoms with Gasteiger partial charge in [-0.25, -0.2) is 4.98 Å². The van der Waals surface area contributed by atoms with Gasteiger partial charge >= 0.3 is 0 Å². The summed E-state index contributed by atoms with van der Waals surface area (Å²) < 4.78 is 0. The summed E-state index contributed by atoms with van der Waals surface area (Å²) in [5.41, 5.74) is 7.37. The van der Waals surface area contributed by atoms with E-state index in [0.29, 0.717) is 5.96 Å². The molecule has 1 aromatic heterocycles. The molecule has 1 aliphatic carbocycles. The molecule has 1 aromatic rings. The number of guanidine groups is 1. The van der Waals surface area contributed by atoms with Crippen molar-refractivity contribution in [3.8, 4) is 0 Å². The molecule has 0 aliphatic heterocycles. The lowest BCUT2D eigenvalue weighted by Gasteiger charge is -2.05. The Labute approximate surface area is 114 Å². The molecule has 0 fully saturated rings. The molecular formula is C15H22N4. The molecular weight excluding hydrogens is 236 g/mol. The lowest BCUT2D eigenvalue weighted by molar-refractivity contribution is 0.702. The third-order valence-corrected chi connectivity index (χ3v) is 3.27. The highest BCUT2D eigenvalue weighted by Gasteiger charge is 2.02. The SMILES string of the molecule is NC(=NCCC1=CCCCCC1)Nc1ccccn1. The van der Waals surface area contributed by atoms with Gasteiger partial charge in [0, 0.05) is 12.7 Å². The Bertz CT molecular complexity index is 437. The van der Waals surface area contributed by atoms with E-state index in [1.165, 1.54) is 37.7 Å².